The van der Waals surface area contributed by atoms with Crippen molar-refractivity contribution in [2.75, 3.05) is 16.8 Å². The molecule has 1 atom stereocenters. The number of carbonyl (C=O) groups is 1. The molecule has 1 N–H and O–H groups in total. The zero-order chi connectivity index (χ0) is 13.2. The van der Waals surface area contributed by atoms with Crippen molar-refractivity contribution < 1.29 is 4.79 Å². The van der Waals surface area contributed by atoms with Crippen molar-refractivity contribution in [3.05, 3.63) is 40.9 Å². The van der Waals surface area contributed by atoms with E-state index in [-0.39, 0.29) is 11.8 Å². The summed E-state index contributed by atoms with van der Waals surface area (Å²) in [7, 11) is 0. The Labute approximate surface area is 125 Å². The number of halogens is 1. The van der Waals surface area contributed by atoms with Crippen LogP contribution in [0.4, 0.5) is 5.69 Å². The lowest BCUT2D eigenvalue weighted by Gasteiger charge is -2.10. The summed E-state index contributed by atoms with van der Waals surface area (Å²) >= 11 is 5.32. The van der Waals surface area contributed by atoms with Gasteiger partial charge >= 0.3 is 0 Å². The Morgan fingerprint density at radius 2 is 2.00 bits per heavy atom. The Balaban J connectivity index is 1.81. The number of rotatable bonds is 2. The first-order valence-corrected chi connectivity index (χ1v) is 8.25. The predicted molar refractivity (Wildman–Crippen MR) is 85.7 cm³/mol. The minimum atomic E-state index is 0.154. The SMILES string of the molecule is O=C(Nc1ccc2cc(Br)ccc2c1)C1CCSC1. The van der Waals surface area contributed by atoms with Gasteiger partial charge in [-0.3, -0.25) is 4.79 Å². The third kappa shape index (κ3) is 2.95. The van der Waals surface area contributed by atoms with Crippen molar-refractivity contribution in [2.45, 2.75) is 6.42 Å². The highest BCUT2D eigenvalue weighted by Crippen LogP contribution is 2.26. The van der Waals surface area contributed by atoms with Crippen LogP contribution in [0, 0.1) is 5.92 Å². The number of carbonyl (C=O) groups excluding carboxylic acids is 1. The average Bonchev–Trinajstić information content (AvgIpc) is 2.93. The molecule has 3 rings (SSSR count). The normalized spacial score (nSPS) is 18.7. The lowest BCUT2D eigenvalue weighted by atomic mass is 10.1. The third-order valence-electron chi connectivity index (χ3n) is 3.37. The Hall–Kier alpha value is -1.00. The Morgan fingerprint density at radius 3 is 2.79 bits per heavy atom. The lowest BCUT2D eigenvalue weighted by molar-refractivity contribution is -0.119. The van der Waals surface area contributed by atoms with Crippen LogP contribution in [0.25, 0.3) is 10.8 Å². The van der Waals surface area contributed by atoms with Crippen molar-refractivity contribution in [3.63, 3.8) is 0 Å². The molecule has 1 saturated heterocycles. The summed E-state index contributed by atoms with van der Waals surface area (Å²) < 4.78 is 1.07. The number of fused-ring (bicyclic) bond motifs is 1. The molecule has 1 aliphatic rings. The standard InChI is InChI=1S/C15H14BrNOS/c16-13-3-1-11-8-14(4-2-10(11)7-13)17-15(18)12-5-6-19-9-12/h1-4,7-8,12H,5-6,9H2,(H,17,18). The molecule has 19 heavy (non-hydrogen) atoms. The summed E-state index contributed by atoms with van der Waals surface area (Å²) in [5, 5.41) is 5.34. The van der Waals surface area contributed by atoms with E-state index in [0.717, 1.165) is 33.5 Å². The second-order valence-electron chi connectivity index (χ2n) is 4.76. The van der Waals surface area contributed by atoms with Gasteiger partial charge in [-0.05, 0) is 47.2 Å². The van der Waals surface area contributed by atoms with Crippen LogP contribution in [-0.4, -0.2) is 17.4 Å². The van der Waals surface area contributed by atoms with E-state index < -0.39 is 0 Å². The van der Waals surface area contributed by atoms with Crippen LogP contribution in [-0.2, 0) is 4.79 Å². The quantitative estimate of drug-likeness (QED) is 0.886. The molecule has 0 aromatic heterocycles. The first kappa shape index (κ1) is 13.0. The van der Waals surface area contributed by atoms with Gasteiger partial charge in [-0.15, -0.1) is 0 Å². The number of amides is 1. The molecule has 4 heteroatoms. The van der Waals surface area contributed by atoms with Crippen LogP contribution in [0.5, 0.6) is 0 Å². The number of hydrogen-bond acceptors (Lipinski definition) is 2. The molecule has 1 amide bonds. The third-order valence-corrected chi connectivity index (χ3v) is 5.03. The fraction of sp³-hybridized carbons (Fsp3) is 0.267. The summed E-state index contributed by atoms with van der Waals surface area (Å²) in [6, 6.07) is 12.2. The first-order valence-electron chi connectivity index (χ1n) is 6.30. The van der Waals surface area contributed by atoms with Gasteiger partial charge in [-0.2, -0.15) is 11.8 Å². The molecule has 1 unspecified atom stereocenters. The maximum absolute atomic E-state index is 12.1. The molecule has 1 aliphatic heterocycles. The Morgan fingerprint density at radius 1 is 1.21 bits per heavy atom. The Bertz CT molecular complexity index is 623. The van der Waals surface area contributed by atoms with E-state index in [9.17, 15) is 4.79 Å². The zero-order valence-corrected chi connectivity index (χ0v) is 12.8. The van der Waals surface area contributed by atoms with Crippen molar-refractivity contribution in [3.8, 4) is 0 Å². The van der Waals surface area contributed by atoms with Crippen LogP contribution >= 0.6 is 27.7 Å². The Kier molecular flexibility index (Phi) is 3.80. The van der Waals surface area contributed by atoms with Gasteiger partial charge in [-0.1, -0.05) is 28.1 Å². The fourth-order valence-electron chi connectivity index (χ4n) is 2.28. The van der Waals surface area contributed by atoms with Gasteiger partial charge < -0.3 is 5.32 Å². The molecule has 2 aromatic carbocycles. The van der Waals surface area contributed by atoms with Crippen molar-refractivity contribution in [1.82, 2.24) is 0 Å². The minimum Gasteiger partial charge on any atom is -0.326 e. The summed E-state index contributed by atoms with van der Waals surface area (Å²) in [6.45, 7) is 0. The number of anilines is 1. The van der Waals surface area contributed by atoms with Crippen molar-refractivity contribution in [1.29, 1.82) is 0 Å². The van der Waals surface area contributed by atoms with E-state index >= 15 is 0 Å². The van der Waals surface area contributed by atoms with Gasteiger partial charge in [0.15, 0.2) is 0 Å². The highest BCUT2D eigenvalue weighted by atomic mass is 79.9. The second kappa shape index (κ2) is 5.55. The highest BCUT2D eigenvalue weighted by Gasteiger charge is 2.23. The van der Waals surface area contributed by atoms with E-state index in [1.165, 1.54) is 5.39 Å². The van der Waals surface area contributed by atoms with E-state index in [4.69, 9.17) is 0 Å². The van der Waals surface area contributed by atoms with Crippen molar-refractivity contribution >= 4 is 50.1 Å². The van der Waals surface area contributed by atoms with Gasteiger partial charge in [0.1, 0.15) is 0 Å². The minimum absolute atomic E-state index is 0.154. The molecule has 0 aliphatic carbocycles. The molecular weight excluding hydrogens is 322 g/mol. The summed E-state index contributed by atoms with van der Waals surface area (Å²) in [5.41, 5.74) is 0.886. The van der Waals surface area contributed by atoms with E-state index in [1.54, 1.807) is 0 Å². The summed E-state index contributed by atoms with van der Waals surface area (Å²) in [6.07, 6.45) is 0.997. The summed E-state index contributed by atoms with van der Waals surface area (Å²) in [4.78, 5) is 12.1. The maximum atomic E-state index is 12.1. The molecule has 1 fully saturated rings. The van der Waals surface area contributed by atoms with E-state index in [0.29, 0.717) is 0 Å². The predicted octanol–water partition coefficient (Wildman–Crippen LogP) is 4.29. The monoisotopic (exact) mass is 335 g/mol. The zero-order valence-electron chi connectivity index (χ0n) is 10.4. The molecule has 2 aromatic rings. The molecule has 0 bridgehead atoms. The van der Waals surface area contributed by atoms with Crippen LogP contribution in [0.15, 0.2) is 40.9 Å². The fourth-order valence-corrected chi connectivity index (χ4v) is 3.88. The van der Waals surface area contributed by atoms with E-state index in [2.05, 4.69) is 33.4 Å². The van der Waals surface area contributed by atoms with Gasteiger partial charge in [0.25, 0.3) is 0 Å². The van der Waals surface area contributed by atoms with Gasteiger partial charge in [0.05, 0.1) is 0 Å². The summed E-state index contributed by atoms with van der Waals surface area (Å²) in [5.74, 6) is 2.38. The highest BCUT2D eigenvalue weighted by molar-refractivity contribution is 9.10. The smallest absolute Gasteiger partial charge is 0.228 e. The van der Waals surface area contributed by atoms with Gasteiger partial charge in [0, 0.05) is 21.8 Å². The van der Waals surface area contributed by atoms with Crippen LogP contribution in [0.3, 0.4) is 0 Å². The molecule has 0 radical (unpaired) electrons. The lowest BCUT2D eigenvalue weighted by Crippen LogP contribution is -2.22. The van der Waals surface area contributed by atoms with Crippen molar-refractivity contribution in [2.24, 2.45) is 5.92 Å². The average molecular weight is 336 g/mol. The number of thioether (sulfide) groups is 1. The second-order valence-corrected chi connectivity index (χ2v) is 6.82. The molecule has 1 heterocycles. The topological polar surface area (TPSA) is 29.1 Å². The molecule has 2 nitrogen and oxygen atoms in total. The van der Waals surface area contributed by atoms with E-state index in [1.807, 2.05) is 36.0 Å². The molecule has 0 spiro atoms. The maximum Gasteiger partial charge on any atom is 0.228 e. The molecule has 0 saturated carbocycles. The van der Waals surface area contributed by atoms with Gasteiger partial charge in [0.2, 0.25) is 5.91 Å². The molecular formula is C15H14BrNOS. The van der Waals surface area contributed by atoms with Crippen LogP contribution in [0.2, 0.25) is 0 Å². The number of benzene rings is 2. The largest absolute Gasteiger partial charge is 0.326 e. The number of nitrogens with one attached hydrogen (secondary N) is 1. The van der Waals surface area contributed by atoms with Gasteiger partial charge in [-0.25, -0.2) is 0 Å². The van der Waals surface area contributed by atoms with Crippen LogP contribution in [0.1, 0.15) is 6.42 Å². The number of hydrogen-bond donors (Lipinski definition) is 1. The molecule has 98 valence electrons. The van der Waals surface area contributed by atoms with Crippen LogP contribution < -0.4 is 5.32 Å². The first-order chi connectivity index (χ1) is 9.22.